The first kappa shape index (κ1) is 10.2. The van der Waals surface area contributed by atoms with Crippen LogP contribution in [0.2, 0.25) is 0 Å². The third kappa shape index (κ3) is 2.02. The van der Waals surface area contributed by atoms with Gasteiger partial charge in [-0.05, 0) is 12.8 Å². The van der Waals surface area contributed by atoms with Gasteiger partial charge in [0.1, 0.15) is 5.82 Å². The summed E-state index contributed by atoms with van der Waals surface area (Å²) in [4.78, 5) is 14.8. The Morgan fingerprint density at radius 3 is 3.20 bits per heavy atom. The van der Waals surface area contributed by atoms with E-state index in [0.29, 0.717) is 0 Å². The van der Waals surface area contributed by atoms with Gasteiger partial charge in [0, 0.05) is 13.0 Å². The van der Waals surface area contributed by atoms with Crippen LogP contribution in [0.4, 0.5) is 0 Å². The van der Waals surface area contributed by atoms with E-state index in [1.165, 1.54) is 0 Å². The normalized spacial score (nSPS) is 17.1. The number of carbonyl (C=O) groups is 1. The van der Waals surface area contributed by atoms with Gasteiger partial charge in [0.25, 0.3) is 0 Å². The van der Waals surface area contributed by atoms with Gasteiger partial charge in [-0.1, -0.05) is 0 Å². The van der Waals surface area contributed by atoms with Crippen LogP contribution in [-0.2, 0) is 17.8 Å². The molecular formula is C10H15N3O2. The fraction of sp³-hybridized carbons (Fsp3) is 0.600. The fourth-order valence-electron chi connectivity index (χ4n) is 2.03. The molecule has 15 heavy (non-hydrogen) atoms. The van der Waals surface area contributed by atoms with Crippen LogP contribution in [0.25, 0.3) is 0 Å². The van der Waals surface area contributed by atoms with Crippen molar-refractivity contribution in [3.63, 3.8) is 0 Å². The number of hydrogen-bond donors (Lipinski definition) is 2. The van der Waals surface area contributed by atoms with E-state index in [1.807, 2.05) is 0 Å². The maximum atomic E-state index is 10.6. The van der Waals surface area contributed by atoms with E-state index in [4.69, 9.17) is 10.8 Å². The van der Waals surface area contributed by atoms with E-state index < -0.39 is 12.0 Å². The number of aliphatic carboxylic acids is 1. The lowest BCUT2D eigenvalue weighted by Crippen LogP contribution is -2.21. The Morgan fingerprint density at radius 2 is 2.47 bits per heavy atom. The van der Waals surface area contributed by atoms with Crippen LogP contribution in [0, 0.1) is 0 Å². The molecule has 1 aliphatic heterocycles. The van der Waals surface area contributed by atoms with Crippen molar-refractivity contribution < 1.29 is 9.90 Å². The van der Waals surface area contributed by atoms with Crippen LogP contribution in [-0.4, -0.2) is 20.6 Å². The molecule has 2 heterocycles. The lowest BCUT2D eigenvalue weighted by atomic mass is 10.1. The van der Waals surface area contributed by atoms with Gasteiger partial charge >= 0.3 is 5.97 Å². The number of aryl methyl sites for hydroxylation is 1. The van der Waals surface area contributed by atoms with Crippen LogP contribution < -0.4 is 5.73 Å². The van der Waals surface area contributed by atoms with Crippen LogP contribution >= 0.6 is 0 Å². The first-order valence-corrected chi connectivity index (χ1v) is 5.20. The molecule has 0 saturated carbocycles. The van der Waals surface area contributed by atoms with Crippen molar-refractivity contribution >= 4 is 5.97 Å². The van der Waals surface area contributed by atoms with Crippen molar-refractivity contribution in [2.45, 2.75) is 38.3 Å². The molecule has 0 fully saturated rings. The summed E-state index contributed by atoms with van der Waals surface area (Å²) in [5.41, 5.74) is 6.68. The number of aromatic nitrogens is 2. The molecule has 1 aromatic heterocycles. The Hall–Kier alpha value is -1.36. The van der Waals surface area contributed by atoms with Gasteiger partial charge in [0.05, 0.1) is 24.4 Å². The molecule has 0 radical (unpaired) electrons. The van der Waals surface area contributed by atoms with Gasteiger partial charge in [-0.15, -0.1) is 0 Å². The number of carboxylic acids is 1. The molecule has 0 spiro atoms. The number of rotatable bonds is 3. The van der Waals surface area contributed by atoms with Gasteiger partial charge in [0.2, 0.25) is 0 Å². The maximum Gasteiger partial charge on any atom is 0.305 e. The molecule has 0 amide bonds. The molecule has 1 aliphatic rings. The van der Waals surface area contributed by atoms with Gasteiger partial charge in [-0.25, -0.2) is 4.98 Å². The van der Waals surface area contributed by atoms with Gasteiger partial charge in [-0.3, -0.25) is 4.79 Å². The number of nitrogens with zero attached hydrogens (tertiary/aromatic N) is 2. The predicted molar refractivity (Wildman–Crippen MR) is 54.3 cm³/mol. The van der Waals surface area contributed by atoms with Crippen LogP contribution in [0.15, 0.2) is 6.20 Å². The van der Waals surface area contributed by atoms with Crippen LogP contribution in [0.3, 0.4) is 0 Å². The second-order valence-electron chi connectivity index (χ2n) is 3.91. The van der Waals surface area contributed by atoms with Crippen molar-refractivity contribution in [2.75, 3.05) is 0 Å². The molecule has 5 nitrogen and oxygen atoms in total. The second-order valence-corrected chi connectivity index (χ2v) is 3.91. The highest BCUT2D eigenvalue weighted by atomic mass is 16.4. The topological polar surface area (TPSA) is 81.1 Å². The number of nitrogens with two attached hydrogens (primary N) is 1. The molecule has 1 atom stereocenters. The minimum Gasteiger partial charge on any atom is -0.481 e. The molecule has 82 valence electrons. The van der Waals surface area contributed by atoms with Crippen molar-refractivity contribution in [1.82, 2.24) is 9.55 Å². The second kappa shape index (κ2) is 4.02. The largest absolute Gasteiger partial charge is 0.481 e. The molecular weight excluding hydrogens is 194 g/mol. The standard InChI is InChI=1S/C10H15N3O2/c11-7(5-10(14)15)8-6-12-9-3-1-2-4-13(8)9/h6-7H,1-5,11H2,(H,14,15). The van der Waals surface area contributed by atoms with E-state index in [-0.39, 0.29) is 6.42 Å². The molecule has 0 aromatic carbocycles. The van der Waals surface area contributed by atoms with Gasteiger partial charge in [0.15, 0.2) is 0 Å². The number of carboxylic acid groups (broad SMARTS) is 1. The van der Waals surface area contributed by atoms with E-state index in [9.17, 15) is 4.79 Å². The van der Waals surface area contributed by atoms with Crippen molar-refractivity contribution in [3.05, 3.63) is 17.7 Å². The van der Waals surface area contributed by atoms with E-state index in [2.05, 4.69) is 9.55 Å². The number of imidazole rings is 1. The molecule has 3 N–H and O–H groups in total. The minimum absolute atomic E-state index is 0.0366. The summed E-state index contributed by atoms with van der Waals surface area (Å²) >= 11 is 0. The zero-order valence-corrected chi connectivity index (χ0v) is 8.52. The number of fused-ring (bicyclic) bond motifs is 1. The lowest BCUT2D eigenvalue weighted by molar-refractivity contribution is -0.137. The predicted octanol–water partition coefficient (Wildman–Crippen LogP) is 0.694. The SMILES string of the molecule is NC(CC(=O)O)c1cnc2n1CCCC2. The smallest absolute Gasteiger partial charge is 0.305 e. The zero-order chi connectivity index (χ0) is 10.8. The summed E-state index contributed by atoms with van der Waals surface area (Å²) in [6.07, 6.45) is 4.93. The third-order valence-corrected chi connectivity index (χ3v) is 2.78. The van der Waals surface area contributed by atoms with Crippen LogP contribution in [0.5, 0.6) is 0 Å². The van der Waals surface area contributed by atoms with Crippen molar-refractivity contribution in [2.24, 2.45) is 5.73 Å². The Bertz CT molecular complexity index is 373. The Balaban J connectivity index is 2.20. The van der Waals surface area contributed by atoms with Crippen molar-refractivity contribution in [1.29, 1.82) is 0 Å². The highest BCUT2D eigenvalue weighted by molar-refractivity contribution is 5.67. The summed E-state index contributed by atoms with van der Waals surface area (Å²) in [5, 5.41) is 8.68. The Morgan fingerprint density at radius 1 is 1.67 bits per heavy atom. The molecule has 0 bridgehead atoms. The average Bonchev–Trinajstić information content (AvgIpc) is 2.59. The quantitative estimate of drug-likeness (QED) is 0.767. The summed E-state index contributed by atoms with van der Waals surface area (Å²) in [6, 6.07) is -0.443. The molecule has 0 saturated heterocycles. The zero-order valence-electron chi connectivity index (χ0n) is 8.52. The summed E-state index contributed by atoms with van der Waals surface area (Å²) in [5.74, 6) is 0.172. The number of hydrogen-bond acceptors (Lipinski definition) is 3. The van der Waals surface area contributed by atoms with E-state index >= 15 is 0 Å². The molecule has 5 heteroatoms. The lowest BCUT2D eigenvalue weighted by Gasteiger charge is -2.18. The van der Waals surface area contributed by atoms with E-state index in [1.54, 1.807) is 6.20 Å². The first-order chi connectivity index (χ1) is 7.18. The van der Waals surface area contributed by atoms with Gasteiger partial charge < -0.3 is 15.4 Å². The van der Waals surface area contributed by atoms with Crippen molar-refractivity contribution in [3.8, 4) is 0 Å². The average molecular weight is 209 g/mol. The summed E-state index contributed by atoms with van der Waals surface area (Å²) < 4.78 is 2.07. The minimum atomic E-state index is -0.867. The monoisotopic (exact) mass is 209 g/mol. The Kier molecular flexibility index (Phi) is 2.73. The third-order valence-electron chi connectivity index (χ3n) is 2.78. The molecule has 2 rings (SSSR count). The highest BCUT2D eigenvalue weighted by Gasteiger charge is 2.19. The Labute approximate surface area is 87.9 Å². The highest BCUT2D eigenvalue weighted by Crippen LogP contribution is 2.21. The van der Waals surface area contributed by atoms with Crippen LogP contribution in [0.1, 0.15) is 36.8 Å². The molecule has 0 aliphatic carbocycles. The fourth-order valence-corrected chi connectivity index (χ4v) is 2.03. The summed E-state index contributed by atoms with van der Waals surface area (Å²) in [7, 11) is 0. The maximum absolute atomic E-state index is 10.6. The van der Waals surface area contributed by atoms with E-state index in [0.717, 1.165) is 37.3 Å². The molecule has 1 aromatic rings. The van der Waals surface area contributed by atoms with Gasteiger partial charge in [-0.2, -0.15) is 0 Å². The summed E-state index contributed by atoms with van der Waals surface area (Å²) in [6.45, 7) is 0.915. The first-order valence-electron chi connectivity index (χ1n) is 5.20. The molecule has 1 unspecified atom stereocenters.